The largest absolute Gasteiger partial charge is 0.497 e. The minimum atomic E-state index is -0.186. The second-order valence-corrected chi connectivity index (χ2v) is 12.8. The first-order valence-electron chi connectivity index (χ1n) is 13.7. The number of nitrogens with zero attached hydrogens (tertiary/aromatic N) is 2. The van der Waals surface area contributed by atoms with E-state index < -0.39 is 0 Å². The molecule has 38 heavy (non-hydrogen) atoms. The molecule has 0 radical (unpaired) electrons. The Labute approximate surface area is 232 Å². The number of benzene rings is 2. The summed E-state index contributed by atoms with van der Waals surface area (Å²) in [6, 6.07) is 16.3. The highest BCUT2D eigenvalue weighted by Gasteiger charge is 2.55. The lowest BCUT2D eigenvalue weighted by molar-refractivity contribution is -0.116. The maximum Gasteiger partial charge on any atom is 0.308 e. The van der Waals surface area contributed by atoms with Gasteiger partial charge in [0, 0.05) is 40.5 Å². The SMILES string of the molecule is CCN(CC)c1ccc([C@@H]2c3sc(=O)n(CC(=O)Nc4ccc(OC)cc4)c3SC3C4CCC(C4)C32)cc1. The maximum absolute atomic E-state index is 13.3. The van der Waals surface area contributed by atoms with Crippen LogP contribution in [0.15, 0.2) is 58.4 Å². The van der Waals surface area contributed by atoms with Crippen molar-refractivity contribution in [3.8, 4) is 5.75 Å². The van der Waals surface area contributed by atoms with E-state index in [1.165, 1.54) is 41.9 Å². The third-order valence-electron chi connectivity index (χ3n) is 8.75. The van der Waals surface area contributed by atoms with Crippen molar-refractivity contribution in [3.63, 3.8) is 0 Å². The minimum Gasteiger partial charge on any atom is -0.497 e. The Kier molecular flexibility index (Phi) is 7.03. The molecule has 6 nitrogen and oxygen atoms in total. The molecule has 0 saturated heterocycles. The molecule has 1 amide bonds. The molecule has 2 bridgehead atoms. The van der Waals surface area contributed by atoms with Crippen LogP contribution in [0, 0.1) is 17.8 Å². The number of amides is 1. The monoisotopic (exact) mass is 549 g/mol. The van der Waals surface area contributed by atoms with Gasteiger partial charge in [-0.25, -0.2) is 0 Å². The molecule has 1 aromatic heterocycles. The van der Waals surface area contributed by atoms with Crippen molar-refractivity contribution in [3.05, 3.63) is 68.6 Å². The van der Waals surface area contributed by atoms with Gasteiger partial charge >= 0.3 is 4.87 Å². The molecular weight excluding hydrogens is 514 g/mol. The number of thioether (sulfide) groups is 1. The molecule has 2 aliphatic carbocycles. The first-order chi connectivity index (χ1) is 18.5. The van der Waals surface area contributed by atoms with Crippen LogP contribution in [0.4, 0.5) is 11.4 Å². The van der Waals surface area contributed by atoms with Gasteiger partial charge in [-0.1, -0.05) is 23.5 Å². The van der Waals surface area contributed by atoms with Crippen LogP contribution < -0.4 is 19.8 Å². The fraction of sp³-hybridized carbons (Fsp3) is 0.467. The summed E-state index contributed by atoms with van der Waals surface area (Å²) in [4.78, 5) is 29.8. The summed E-state index contributed by atoms with van der Waals surface area (Å²) in [6.45, 7) is 6.37. The predicted octanol–water partition coefficient (Wildman–Crippen LogP) is 6.06. The molecule has 2 fully saturated rings. The number of aromatic nitrogens is 1. The number of nitrogens with one attached hydrogen (secondary N) is 1. The number of carbonyl (C=O) groups excluding carboxylic acids is 1. The van der Waals surface area contributed by atoms with Crippen LogP contribution in [0.1, 0.15) is 49.5 Å². The van der Waals surface area contributed by atoms with Crippen LogP contribution in [0.25, 0.3) is 0 Å². The number of anilines is 2. The number of rotatable bonds is 8. The average molecular weight is 550 g/mol. The van der Waals surface area contributed by atoms with E-state index in [0.29, 0.717) is 22.8 Å². The molecule has 2 saturated carbocycles. The van der Waals surface area contributed by atoms with Gasteiger partial charge in [0.2, 0.25) is 5.91 Å². The lowest BCUT2D eigenvalue weighted by Gasteiger charge is -2.40. The number of thiazole rings is 1. The number of hydrogen-bond acceptors (Lipinski definition) is 6. The van der Waals surface area contributed by atoms with E-state index in [-0.39, 0.29) is 23.2 Å². The Balaban J connectivity index is 1.32. The Morgan fingerprint density at radius 3 is 2.45 bits per heavy atom. The number of carbonyl (C=O) groups is 1. The van der Waals surface area contributed by atoms with Crippen LogP contribution >= 0.6 is 23.1 Å². The lowest BCUT2D eigenvalue weighted by Crippen LogP contribution is -2.35. The van der Waals surface area contributed by atoms with Crippen molar-refractivity contribution < 1.29 is 9.53 Å². The normalized spacial score (nSPS) is 25.1. The van der Waals surface area contributed by atoms with Crippen LogP contribution in [0.5, 0.6) is 5.75 Å². The van der Waals surface area contributed by atoms with E-state index in [9.17, 15) is 9.59 Å². The quantitative estimate of drug-likeness (QED) is 0.370. The molecular formula is C30H35N3O3S2. The van der Waals surface area contributed by atoms with Crippen LogP contribution in [-0.2, 0) is 11.3 Å². The van der Waals surface area contributed by atoms with Crippen molar-refractivity contribution in [1.29, 1.82) is 0 Å². The van der Waals surface area contributed by atoms with Crippen molar-refractivity contribution in [2.45, 2.75) is 55.8 Å². The van der Waals surface area contributed by atoms with E-state index in [4.69, 9.17) is 4.74 Å². The van der Waals surface area contributed by atoms with Gasteiger partial charge in [0.05, 0.1) is 12.1 Å². The van der Waals surface area contributed by atoms with Crippen LogP contribution in [-0.4, -0.2) is 35.9 Å². The van der Waals surface area contributed by atoms with Crippen molar-refractivity contribution in [2.75, 3.05) is 30.4 Å². The topological polar surface area (TPSA) is 63.6 Å². The summed E-state index contributed by atoms with van der Waals surface area (Å²) in [6.07, 6.45) is 3.89. The zero-order valence-electron chi connectivity index (χ0n) is 22.2. The van der Waals surface area contributed by atoms with Gasteiger partial charge in [-0.3, -0.25) is 14.2 Å². The second-order valence-electron chi connectivity index (χ2n) is 10.6. The Morgan fingerprint density at radius 1 is 1.05 bits per heavy atom. The zero-order chi connectivity index (χ0) is 26.4. The van der Waals surface area contributed by atoms with E-state index in [0.717, 1.165) is 34.7 Å². The van der Waals surface area contributed by atoms with Crippen molar-refractivity contribution >= 4 is 40.4 Å². The van der Waals surface area contributed by atoms with E-state index >= 15 is 0 Å². The lowest BCUT2D eigenvalue weighted by atomic mass is 9.75. The smallest absolute Gasteiger partial charge is 0.308 e. The Hall–Kier alpha value is -2.71. The standard InChI is InChI=1S/C30H35N3O3S2/c1-4-32(5-2)22-12-8-18(9-13-22)25-26-19-6-7-20(16-19)27(26)37-29-28(25)38-30(35)33(29)17-24(34)31-21-10-14-23(36-3)15-11-21/h8-15,19-20,25-27H,4-7,16-17H2,1-3H3,(H,31,34)/t19?,20?,25-,26?,27?/m0/s1. The molecule has 3 aliphatic rings. The molecule has 4 unspecified atom stereocenters. The Bertz CT molecular complexity index is 1360. The Morgan fingerprint density at radius 2 is 1.76 bits per heavy atom. The van der Waals surface area contributed by atoms with Gasteiger partial charge in [0.15, 0.2) is 0 Å². The van der Waals surface area contributed by atoms with E-state index in [1.807, 2.05) is 36.0 Å². The number of fused-ring (bicyclic) bond motifs is 6. The summed E-state index contributed by atoms with van der Waals surface area (Å²) >= 11 is 3.22. The van der Waals surface area contributed by atoms with Gasteiger partial charge in [-0.15, -0.1) is 11.8 Å². The van der Waals surface area contributed by atoms with E-state index in [1.54, 1.807) is 11.7 Å². The third kappa shape index (κ3) is 4.45. The predicted molar refractivity (Wildman–Crippen MR) is 156 cm³/mol. The third-order valence-corrected chi connectivity index (χ3v) is 11.6. The summed E-state index contributed by atoms with van der Waals surface area (Å²) in [5, 5.41) is 4.47. The summed E-state index contributed by atoms with van der Waals surface area (Å²) < 4.78 is 6.93. The maximum atomic E-state index is 13.3. The molecule has 1 N–H and O–H groups in total. The minimum absolute atomic E-state index is 0.0306. The molecule has 3 aromatic rings. The summed E-state index contributed by atoms with van der Waals surface area (Å²) in [5.74, 6) is 2.76. The average Bonchev–Trinajstić information content (AvgIpc) is 3.63. The summed E-state index contributed by atoms with van der Waals surface area (Å²) in [5.41, 5.74) is 3.25. The molecule has 0 spiro atoms. The van der Waals surface area contributed by atoms with Gasteiger partial charge in [-0.05, 0) is 92.8 Å². The van der Waals surface area contributed by atoms with Crippen LogP contribution in [0.2, 0.25) is 0 Å². The van der Waals surface area contributed by atoms with Gasteiger partial charge in [-0.2, -0.15) is 0 Å². The van der Waals surface area contributed by atoms with Gasteiger partial charge in [0.1, 0.15) is 12.3 Å². The molecule has 1 aliphatic heterocycles. The number of hydrogen-bond donors (Lipinski definition) is 1. The van der Waals surface area contributed by atoms with Gasteiger partial charge < -0.3 is 15.0 Å². The number of ether oxygens (including phenoxy) is 1. The van der Waals surface area contributed by atoms with Gasteiger partial charge in [0.25, 0.3) is 0 Å². The molecule has 8 heteroatoms. The fourth-order valence-electron chi connectivity index (χ4n) is 6.96. The summed E-state index contributed by atoms with van der Waals surface area (Å²) in [7, 11) is 1.62. The van der Waals surface area contributed by atoms with Crippen molar-refractivity contribution in [2.24, 2.45) is 17.8 Å². The highest BCUT2D eigenvalue weighted by Crippen LogP contribution is 2.64. The van der Waals surface area contributed by atoms with Crippen molar-refractivity contribution in [1.82, 2.24) is 4.57 Å². The fourth-order valence-corrected chi connectivity index (χ4v) is 10.1. The van der Waals surface area contributed by atoms with E-state index in [2.05, 4.69) is 48.3 Å². The molecule has 5 atom stereocenters. The molecule has 6 rings (SSSR count). The van der Waals surface area contributed by atoms with Crippen LogP contribution in [0.3, 0.4) is 0 Å². The second kappa shape index (κ2) is 10.5. The highest BCUT2D eigenvalue weighted by atomic mass is 32.2. The zero-order valence-corrected chi connectivity index (χ0v) is 23.8. The molecule has 2 heterocycles. The molecule has 2 aromatic carbocycles. The number of methoxy groups -OCH3 is 1. The first kappa shape index (κ1) is 25.6. The first-order valence-corrected chi connectivity index (χ1v) is 15.4. The molecule has 200 valence electrons. The highest BCUT2D eigenvalue weighted by molar-refractivity contribution is 8.00.